The van der Waals surface area contributed by atoms with Gasteiger partial charge in [0.1, 0.15) is 5.82 Å². The lowest BCUT2D eigenvalue weighted by atomic mass is 9.90. The molecule has 21 heavy (non-hydrogen) atoms. The Hall–Kier alpha value is -1.38. The van der Waals surface area contributed by atoms with Crippen molar-refractivity contribution in [1.82, 2.24) is 5.32 Å². The van der Waals surface area contributed by atoms with Crippen molar-refractivity contribution in [3.8, 4) is 0 Å². The third kappa shape index (κ3) is 3.28. The second-order valence-electron chi connectivity index (χ2n) is 5.42. The normalized spacial score (nSPS) is 12.5. The van der Waals surface area contributed by atoms with Crippen molar-refractivity contribution in [3.63, 3.8) is 0 Å². The highest BCUT2D eigenvalue weighted by atomic mass is 35.5. The van der Waals surface area contributed by atoms with E-state index in [1.807, 2.05) is 39.0 Å². The van der Waals surface area contributed by atoms with Crippen molar-refractivity contribution in [3.05, 3.63) is 69.0 Å². The van der Waals surface area contributed by atoms with Crippen molar-refractivity contribution in [2.24, 2.45) is 0 Å². The second kappa shape index (κ2) is 6.59. The van der Waals surface area contributed by atoms with Crippen LogP contribution < -0.4 is 5.32 Å². The predicted molar refractivity (Wildman–Crippen MR) is 87.6 cm³/mol. The lowest BCUT2D eigenvalue weighted by Crippen LogP contribution is -2.24. The molecule has 1 unspecified atom stereocenters. The summed E-state index contributed by atoms with van der Waals surface area (Å²) in [6.07, 6.45) is 0. The number of nitrogens with one attached hydrogen (secondary N) is 1. The molecule has 0 amide bonds. The molecule has 0 bridgehead atoms. The first-order chi connectivity index (χ1) is 9.95. The van der Waals surface area contributed by atoms with E-state index < -0.39 is 0 Å². The topological polar surface area (TPSA) is 12.0 Å². The summed E-state index contributed by atoms with van der Waals surface area (Å²) in [5.41, 5.74) is 5.07. The maximum atomic E-state index is 13.6. The molecule has 0 saturated heterocycles. The Kier molecular flexibility index (Phi) is 5.02. The minimum Gasteiger partial charge on any atom is -0.306 e. The average Bonchev–Trinajstić information content (AvgIpc) is 2.40. The van der Waals surface area contributed by atoms with E-state index >= 15 is 0 Å². The molecule has 0 aliphatic rings. The molecule has 0 aliphatic carbocycles. The van der Waals surface area contributed by atoms with E-state index in [1.54, 1.807) is 12.1 Å². The molecule has 0 radical (unpaired) electrons. The third-order valence-electron chi connectivity index (χ3n) is 3.79. The van der Waals surface area contributed by atoms with Crippen molar-refractivity contribution in [2.45, 2.75) is 33.7 Å². The lowest BCUT2D eigenvalue weighted by molar-refractivity contribution is 0.606. The van der Waals surface area contributed by atoms with Crippen LogP contribution in [-0.2, 0) is 0 Å². The van der Waals surface area contributed by atoms with Gasteiger partial charge in [0, 0.05) is 5.02 Å². The highest BCUT2D eigenvalue weighted by Gasteiger charge is 2.21. The summed E-state index contributed by atoms with van der Waals surface area (Å²) >= 11 is 6.50. The van der Waals surface area contributed by atoms with Gasteiger partial charge in [-0.3, -0.25) is 0 Å². The molecule has 2 aromatic carbocycles. The molecule has 0 spiro atoms. The van der Waals surface area contributed by atoms with Gasteiger partial charge < -0.3 is 5.32 Å². The Labute approximate surface area is 131 Å². The summed E-state index contributed by atoms with van der Waals surface area (Å²) in [7, 11) is 0. The van der Waals surface area contributed by atoms with Gasteiger partial charge in [-0.25, -0.2) is 4.39 Å². The standard InChI is InChI=1S/C18H21ClFN/c1-5-21-18(15-8-6-7-11(2)17(15)19)16-12(3)9-14(20)10-13(16)4/h6-10,18,21H,5H2,1-4H3. The van der Waals surface area contributed by atoms with Crippen LogP contribution in [0.25, 0.3) is 0 Å². The van der Waals surface area contributed by atoms with E-state index in [4.69, 9.17) is 11.6 Å². The number of rotatable bonds is 4. The Morgan fingerprint density at radius 3 is 2.29 bits per heavy atom. The summed E-state index contributed by atoms with van der Waals surface area (Å²) in [5, 5.41) is 4.25. The molecule has 0 fully saturated rings. The summed E-state index contributed by atoms with van der Waals surface area (Å²) in [5.74, 6) is -0.195. The first kappa shape index (κ1) is 16.0. The molecular weight excluding hydrogens is 285 g/mol. The lowest BCUT2D eigenvalue weighted by Gasteiger charge is -2.24. The molecule has 0 aliphatic heterocycles. The minimum absolute atomic E-state index is 0.0250. The van der Waals surface area contributed by atoms with Gasteiger partial charge in [-0.05, 0) is 67.3 Å². The first-order valence-corrected chi connectivity index (χ1v) is 7.58. The number of halogens is 2. The van der Waals surface area contributed by atoms with Gasteiger partial charge in [-0.15, -0.1) is 0 Å². The molecule has 1 N–H and O–H groups in total. The summed E-state index contributed by atoms with van der Waals surface area (Å²) < 4.78 is 13.6. The van der Waals surface area contributed by atoms with Gasteiger partial charge in [0.15, 0.2) is 0 Å². The Morgan fingerprint density at radius 2 is 1.71 bits per heavy atom. The van der Waals surface area contributed by atoms with E-state index in [0.29, 0.717) is 0 Å². The van der Waals surface area contributed by atoms with E-state index in [9.17, 15) is 4.39 Å². The number of aryl methyl sites for hydroxylation is 3. The Balaban J connectivity index is 2.62. The van der Waals surface area contributed by atoms with Gasteiger partial charge in [-0.1, -0.05) is 36.7 Å². The predicted octanol–water partition coefficient (Wildman–Crippen LogP) is 5.10. The van der Waals surface area contributed by atoms with Crippen LogP contribution in [0.3, 0.4) is 0 Å². The maximum absolute atomic E-state index is 13.6. The third-order valence-corrected chi connectivity index (χ3v) is 4.30. The van der Waals surface area contributed by atoms with Crippen LogP contribution in [0.5, 0.6) is 0 Å². The van der Waals surface area contributed by atoms with E-state index in [2.05, 4.69) is 12.2 Å². The number of hydrogen-bond donors (Lipinski definition) is 1. The zero-order chi connectivity index (χ0) is 15.6. The monoisotopic (exact) mass is 305 g/mol. The summed E-state index contributed by atoms with van der Waals surface area (Å²) in [6.45, 7) is 8.76. The highest BCUT2D eigenvalue weighted by molar-refractivity contribution is 6.32. The number of hydrogen-bond acceptors (Lipinski definition) is 1. The maximum Gasteiger partial charge on any atom is 0.123 e. The Morgan fingerprint density at radius 1 is 1.10 bits per heavy atom. The first-order valence-electron chi connectivity index (χ1n) is 7.20. The number of benzene rings is 2. The quantitative estimate of drug-likeness (QED) is 0.828. The van der Waals surface area contributed by atoms with E-state index in [0.717, 1.165) is 39.4 Å². The average molecular weight is 306 g/mol. The molecule has 0 heterocycles. The van der Waals surface area contributed by atoms with Crippen LogP contribution in [0.2, 0.25) is 5.02 Å². The molecule has 2 aromatic rings. The van der Waals surface area contributed by atoms with Crippen LogP contribution in [0.1, 0.15) is 40.8 Å². The second-order valence-corrected chi connectivity index (χ2v) is 5.80. The van der Waals surface area contributed by atoms with Crippen molar-refractivity contribution < 1.29 is 4.39 Å². The van der Waals surface area contributed by atoms with Crippen molar-refractivity contribution in [1.29, 1.82) is 0 Å². The van der Waals surface area contributed by atoms with Crippen molar-refractivity contribution in [2.75, 3.05) is 6.54 Å². The highest BCUT2D eigenvalue weighted by Crippen LogP contribution is 2.34. The van der Waals surface area contributed by atoms with Crippen LogP contribution in [0, 0.1) is 26.6 Å². The van der Waals surface area contributed by atoms with Gasteiger partial charge in [0.25, 0.3) is 0 Å². The fourth-order valence-electron chi connectivity index (χ4n) is 2.84. The van der Waals surface area contributed by atoms with Gasteiger partial charge in [-0.2, -0.15) is 0 Å². The fourth-order valence-corrected chi connectivity index (χ4v) is 3.08. The summed E-state index contributed by atoms with van der Waals surface area (Å²) in [6, 6.07) is 9.18. The molecular formula is C18H21ClFN. The van der Waals surface area contributed by atoms with Crippen LogP contribution >= 0.6 is 11.6 Å². The zero-order valence-electron chi connectivity index (χ0n) is 12.9. The van der Waals surface area contributed by atoms with Crippen molar-refractivity contribution >= 4 is 11.6 Å². The van der Waals surface area contributed by atoms with Gasteiger partial charge >= 0.3 is 0 Å². The van der Waals surface area contributed by atoms with E-state index in [1.165, 1.54) is 0 Å². The molecule has 0 aromatic heterocycles. The molecule has 0 saturated carbocycles. The van der Waals surface area contributed by atoms with Gasteiger partial charge in [0.2, 0.25) is 0 Å². The van der Waals surface area contributed by atoms with Gasteiger partial charge in [0.05, 0.1) is 6.04 Å². The molecule has 1 atom stereocenters. The molecule has 1 nitrogen and oxygen atoms in total. The van der Waals surface area contributed by atoms with E-state index in [-0.39, 0.29) is 11.9 Å². The molecule has 112 valence electrons. The van der Waals surface area contributed by atoms with Crippen LogP contribution in [0.4, 0.5) is 4.39 Å². The fraction of sp³-hybridized carbons (Fsp3) is 0.333. The largest absolute Gasteiger partial charge is 0.306 e. The zero-order valence-corrected chi connectivity index (χ0v) is 13.7. The van der Waals surface area contributed by atoms with Crippen LogP contribution in [0.15, 0.2) is 30.3 Å². The smallest absolute Gasteiger partial charge is 0.123 e. The molecule has 3 heteroatoms. The summed E-state index contributed by atoms with van der Waals surface area (Å²) in [4.78, 5) is 0. The minimum atomic E-state index is -0.195. The molecule has 2 rings (SSSR count). The Bertz CT molecular complexity index is 629. The SMILES string of the molecule is CCNC(c1cccc(C)c1Cl)c1c(C)cc(F)cc1C. The van der Waals surface area contributed by atoms with Crippen LogP contribution in [-0.4, -0.2) is 6.54 Å².